The summed E-state index contributed by atoms with van der Waals surface area (Å²) >= 11 is 0. The molecule has 0 spiro atoms. The Hall–Kier alpha value is -3.87. The van der Waals surface area contributed by atoms with Gasteiger partial charge in [-0.2, -0.15) is 0 Å². The number of halogens is 1. The van der Waals surface area contributed by atoms with E-state index >= 15 is 0 Å². The maximum absolute atomic E-state index is 14.3. The van der Waals surface area contributed by atoms with E-state index in [2.05, 4.69) is 4.99 Å². The molecule has 38 heavy (non-hydrogen) atoms. The molecule has 2 aliphatic heterocycles. The van der Waals surface area contributed by atoms with Gasteiger partial charge in [0.15, 0.2) is 11.6 Å². The fraction of sp³-hybridized carbons (Fsp3) is 0.355. The number of hydrogen-bond donors (Lipinski definition) is 0. The lowest BCUT2D eigenvalue weighted by atomic mass is 10.1. The predicted molar refractivity (Wildman–Crippen MR) is 146 cm³/mol. The van der Waals surface area contributed by atoms with Gasteiger partial charge in [-0.15, -0.1) is 0 Å². The Labute approximate surface area is 223 Å². The molecule has 6 nitrogen and oxygen atoms in total. The third-order valence-electron chi connectivity index (χ3n) is 7.14. The van der Waals surface area contributed by atoms with Crippen LogP contribution >= 0.6 is 0 Å². The summed E-state index contributed by atoms with van der Waals surface area (Å²) in [6.45, 7) is 7.74. The summed E-state index contributed by atoms with van der Waals surface area (Å²) in [7, 11) is 0. The smallest absolute Gasteiger partial charge is 0.256 e. The van der Waals surface area contributed by atoms with Gasteiger partial charge in [0.05, 0.1) is 30.5 Å². The lowest BCUT2D eigenvalue weighted by Crippen LogP contribution is -2.35. The van der Waals surface area contributed by atoms with Crippen molar-refractivity contribution in [1.29, 1.82) is 0 Å². The summed E-state index contributed by atoms with van der Waals surface area (Å²) in [6.07, 6.45) is 5.42. The molecular weight excluding hydrogens is 483 g/mol. The van der Waals surface area contributed by atoms with E-state index in [1.807, 2.05) is 62.2 Å². The van der Waals surface area contributed by atoms with Crippen LogP contribution in [0.1, 0.15) is 52.7 Å². The van der Waals surface area contributed by atoms with Crippen molar-refractivity contribution >= 4 is 17.8 Å². The summed E-state index contributed by atoms with van der Waals surface area (Å²) in [6, 6.07) is 14.1. The van der Waals surface area contributed by atoms with Gasteiger partial charge in [-0.3, -0.25) is 9.79 Å². The van der Waals surface area contributed by atoms with Crippen molar-refractivity contribution < 1.29 is 23.4 Å². The molecule has 1 saturated heterocycles. The van der Waals surface area contributed by atoms with Crippen LogP contribution in [0.4, 0.5) is 10.1 Å². The van der Waals surface area contributed by atoms with E-state index in [1.54, 1.807) is 12.1 Å². The van der Waals surface area contributed by atoms with Crippen LogP contribution in [0.5, 0.6) is 23.0 Å². The Morgan fingerprint density at radius 2 is 1.68 bits per heavy atom. The van der Waals surface area contributed by atoms with Gasteiger partial charge in [-0.05, 0) is 93.5 Å². The Morgan fingerprint density at radius 3 is 2.50 bits per heavy atom. The molecule has 2 heterocycles. The Balaban J connectivity index is 1.11. The van der Waals surface area contributed by atoms with Crippen LogP contribution in [-0.4, -0.2) is 42.8 Å². The van der Waals surface area contributed by atoms with Gasteiger partial charge in [0.1, 0.15) is 17.2 Å². The van der Waals surface area contributed by atoms with E-state index in [1.165, 1.54) is 6.07 Å². The Morgan fingerprint density at radius 1 is 0.895 bits per heavy atom. The number of aryl methyl sites for hydroxylation is 3. The van der Waals surface area contributed by atoms with Gasteiger partial charge >= 0.3 is 0 Å². The van der Waals surface area contributed by atoms with Crippen molar-refractivity contribution in [1.82, 2.24) is 4.90 Å². The quantitative estimate of drug-likeness (QED) is 0.285. The SMILES string of the molecule is Cc1ccc(Oc2cc(OCCCCOc3cc4c(cc3C)C(=O)N3CCC[C@H]3C=N4)ccc2F)cc1C. The van der Waals surface area contributed by atoms with Crippen LogP contribution in [0.2, 0.25) is 0 Å². The second-order valence-corrected chi connectivity index (χ2v) is 9.97. The maximum atomic E-state index is 14.3. The van der Waals surface area contributed by atoms with E-state index in [9.17, 15) is 9.18 Å². The van der Waals surface area contributed by atoms with Gasteiger partial charge in [-0.25, -0.2) is 4.39 Å². The van der Waals surface area contributed by atoms with E-state index in [0.717, 1.165) is 54.7 Å². The average molecular weight is 517 g/mol. The van der Waals surface area contributed by atoms with Gasteiger partial charge in [0, 0.05) is 24.9 Å². The first-order valence-corrected chi connectivity index (χ1v) is 13.2. The highest BCUT2D eigenvalue weighted by molar-refractivity contribution is 6.03. The molecule has 0 aromatic heterocycles. The number of hydrogen-bond acceptors (Lipinski definition) is 5. The first kappa shape index (κ1) is 25.8. The molecule has 198 valence electrons. The number of fused-ring (bicyclic) bond motifs is 2. The monoisotopic (exact) mass is 516 g/mol. The first-order chi connectivity index (χ1) is 18.4. The van der Waals surface area contributed by atoms with E-state index in [0.29, 0.717) is 36.0 Å². The molecule has 0 unspecified atom stereocenters. The number of rotatable bonds is 9. The highest BCUT2D eigenvalue weighted by Crippen LogP contribution is 2.34. The van der Waals surface area contributed by atoms with Crippen molar-refractivity contribution in [3.63, 3.8) is 0 Å². The molecule has 1 atom stereocenters. The predicted octanol–water partition coefficient (Wildman–Crippen LogP) is 7.10. The summed E-state index contributed by atoms with van der Waals surface area (Å²) in [4.78, 5) is 19.5. The second kappa shape index (κ2) is 11.3. The number of benzene rings is 3. The van der Waals surface area contributed by atoms with Gasteiger partial charge in [0.2, 0.25) is 0 Å². The van der Waals surface area contributed by atoms with E-state index in [-0.39, 0.29) is 17.7 Å². The molecule has 0 radical (unpaired) electrons. The molecule has 0 saturated carbocycles. The minimum Gasteiger partial charge on any atom is -0.493 e. The highest BCUT2D eigenvalue weighted by Gasteiger charge is 2.32. The normalized spacial score (nSPS) is 16.2. The van der Waals surface area contributed by atoms with Crippen molar-refractivity contribution in [3.8, 4) is 23.0 Å². The van der Waals surface area contributed by atoms with Crippen LogP contribution in [0.25, 0.3) is 0 Å². The van der Waals surface area contributed by atoms with Crippen LogP contribution in [-0.2, 0) is 0 Å². The van der Waals surface area contributed by atoms with Crippen LogP contribution in [0, 0.1) is 26.6 Å². The fourth-order valence-corrected chi connectivity index (χ4v) is 4.76. The minimum absolute atomic E-state index is 0.0510. The van der Waals surface area contributed by atoms with Crippen molar-refractivity contribution in [2.45, 2.75) is 52.5 Å². The van der Waals surface area contributed by atoms with Gasteiger partial charge in [0.25, 0.3) is 5.91 Å². The summed E-state index contributed by atoms with van der Waals surface area (Å²) in [5, 5.41) is 0. The lowest BCUT2D eigenvalue weighted by molar-refractivity contribution is 0.0774. The Bertz CT molecular complexity index is 1370. The van der Waals surface area contributed by atoms with Crippen LogP contribution in [0.3, 0.4) is 0 Å². The van der Waals surface area contributed by atoms with Crippen LogP contribution in [0.15, 0.2) is 53.5 Å². The standard InChI is InChI=1S/C31H33FN2O4/c1-20-8-9-25(15-21(20)2)38-30-17-24(10-11-27(30)32)36-13-4-5-14-37-29-18-28-26(16-22(29)3)31(35)34-12-6-7-23(34)19-33-28/h8-11,15-19,23H,4-7,12-14H2,1-3H3/t23-/m0/s1. The number of aliphatic imine (C=N–C) groups is 1. The molecule has 5 rings (SSSR count). The first-order valence-electron chi connectivity index (χ1n) is 13.2. The molecule has 3 aromatic carbocycles. The largest absolute Gasteiger partial charge is 0.493 e. The molecule has 2 aliphatic rings. The molecule has 0 N–H and O–H groups in total. The number of carbonyl (C=O) groups is 1. The average Bonchev–Trinajstić information content (AvgIpc) is 3.33. The highest BCUT2D eigenvalue weighted by atomic mass is 19.1. The van der Waals surface area contributed by atoms with E-state index < -0.39 is 5.82 Å². The third-order valence-corrected chi connectivity index (χ3v) is 7.14. The number of ether oxygens (including phenoxy) is 3. The number of nitrogens with zero attached hydrogens (tertiary/aromatic N) is 2. The summed E-state index contributed by atoms with van der Waals surface area (Å²) in [5.74, 6) is 1.62. The number of amides is 1. The Kier molecular flexibility index (Phi) is 7.63. The molecule has 1 fully saturated rings. The topological polar surface area (TPSA) is 60.4 Å². The molecule has 0 aliphatic carbocycles. The minimum atomic E-state index is -0.438. The molecule has 0 bridgehead atoms. The molecule has 1 amide bonds. The zero-order chi connectivity index (χ0) is 26.6. The van der Waals surface area contributed by atoms with Gasteiger partial charge in [-0.1, -0.05) is 6.07 Å². The number of carbonyl (C=O) groups excluding carboxylic acids is 1. The van der Waals surface area contributed by atoms with Crippen molar-refractivity contribution in [3.05, 3.63) is 76.6 Å². The third kappa shape index (κ3) is 5.67. The van der Waals surface area contributed by atoms with Gasteiger partial charge < -0.3 is 19.1 Å². The zero-order valence-electron chi connectivity index (χ0n) is 22.1. The van der Waals surface area contributed by atoms with E-state index in [4.69, 9.17) is 14.2 Å². The number of unbranched alkanes of at least 4 members (excludes halogenated alkanes) is 1. The molecular formula is C31H33FN2O4. The lowest BCUT2D eigenvalue weighted by Gasteiger charge is -2.20. The summed E-state index contributed by atoms with van der Waals surface area (Å²) in [5.41, 5.74) is 4.47. The van der Waals surface area contributed by atoms with Crippen molar-refractivity contribution in [2.75, 3.05) is 19.8 Å². The zero-order valence-corrected chi connectivity index (χ0v) is 22.1. The fourth-order valence-electron chi connectivity index (χ4n) is 4.76. The molecule has 3 aromatic rings. The van der Waals surface area contributed by atoms with Crippen molar-refractivity contribution in [2.24, 2.45) is 4.99 Å². The maximum Gasteiger partial charge on any atom is 0.256 e. The second-order valence-electron chi connectivity index (χ2n) is 9.97. The van der Waals surface area contributed by atoms with Crippen LogP contribution < -0.4 is 14.2 Å². The summed E-state index contributed by atoms with van der Waals surface area (Å²) < 4.78 is 31.9. The molecule has 7 heteroatoms.